The minimum Gasteiger partial charge on any atom is -0.319 e. The highest BCUT2D eigenvalue weighted by Crippen LogP contribution is 2.29. The maximum atomic E-state index is 12.4. The molecule has 3 nitrogen and oxygen atoms in total. The van der Waals surface area contributed by atoms with Crippen LogP contribution in [0, 0.1) is 0 Å². The van der Waals surface area contributed by atoms with Crippen molar-refractivity contribution in [2.24, 2.45) is 0 Å². The van der Waals surface area contributed by atoms with Crippen molar-refractivity contribution < 1.29 is 4.79 Å². The van der Waals surface area contributed by atoms with E-state index in [1.54, 1.807) is 0 Å². The molecule has 0 bridgehead atoms. The summed E-state index contributed by atoms with van der Waals surface area (Å²) in [5.74, 6) is 0.218. The third-order valence-electron chi connectivity index (χ3n) is 4.20. The number of rotatable bonds is 5. The number of hydrogen-bond donors (Lipinski definition) is 1. The smallest absolute Gasteiger partial charge is 0.241 e. The first-order valence-corrected chi connectivity index (χ1v) is 7.75. The van der Waals surface area contributed by atoms with E-state index < -0.39 is 0 Å². The Labute approximate surface area is 122 Å². The molecule has 1 amide bonds. The maximum Gasteiger partial charge on any atom is 0.241 e. The Hall–Kier alpha value is -1.35. The van der Waals surface area contributed by atoms with Gasteiger partial charge in [0.1, 0.15) is 6.17 Å². The first kappa shape index (κ1) is 15.0. The third kappa shape index (κ3) is 2.88. The van der Waals surface area contributed by atoms with E-state index in [0.717, 1.165) is 19.3 Å². The number of nitrogens with one attached hydrogen (secondary N) is 1. The summed E-state index contributed by atoms with van der Waals surface area (Å²) in [6.45, 7) is 8.42. The summed E-state index contributed by atoms with van der Waals surface area (Å²) >= 11 is 0. The molecule has 0 spiro atoms. The molecular weight excluding hydrogens is 248 g/mol. The summed E-state index contributed by atoms with van der Waals surface area (Å²) in [5.41, 5.74) is 2.52. The fourth-order valence-electron chi connectivity index (χ4n) is 2.96. The van der Waals surface area contributed by atoms with Gasteiger partial charge in [-0.2, -0.15) is 0 Å². The van der Waals surface area contributed by atoms with Gasteiger partial charge in [0.25, 0.3) is 0 Å². The van der Waals surface area contributed by atoms with Crippen LogP contribution in [0.3, 0.4) is 0 Å². The molecule has 1 heterocycles. The molecule has 0 aromatic heterocycles. The first-order valence-electron chi connectivity index (χ1n) is 7.75. The van der Waals surface area contributed by atoms with Crippen LogP contribution >= 0.6 is 0 Å². The number of benzene rings is 1. The Morgan fingerprint density at radius 1 is 1.25 bits per heavy atom. The number of aryl methyl sites for hydroxylation is 1. The Kier molecular flexibility index (Phi) is 4.81. The molecule has 1 aromatic carbocycles. The van der Waals surface area contributed by atoms with Crippen LogP contribution in [0.5, 0.6) is 0 Å². The summed E-state index contributed by atoms with van der Waals surface area (Å²) < 4.78 is 0. The van der Waals surface area contributed by atoms with Gasteiger partial charge in [-0.3, -0.25) is 10.1 Å². The van der Waals surface area contributed by atoms with Gasteiger partial charge in [0.05, 0.1) is 6.04 Å². The molecule has 3 atom stereocenters. The van der Waals surface area contributed by atoms with Crippen LogP contribution in [0.25, 0.3) is 0 Å². The number of carbonyl (C=O) groups excluding carboxylic acids is 1. The Morgan fingerprint density at radius 3 is 2.45 bits per heavy atom. The second-order valence-electron chi connectivity index (χ2n) is 5.77. The minimum atomic E-state index is -0.0924. The summed E-state index contributed by atoms with van der Waals surface area (Å²) in [7, 11) is 0. The number of amides is 1. The van der Waals surface area contributed by atoms with Crippen LogP contribution in [-0.4, -0.2) is 22.9 Å². The van der Waals surface area contributed by atoms with Crippen LogP contribution in [-0.2, 0) is 11.2 Å². The molecular formula is C17H26N2O. The van der Waals surface area contributed by atoms with Crippen molar-refractivity contribution in [3.63, 3.8) is 0 Å². The van der Waals surface area contributed by atoms with E-state index >= 15 is 0 Å². The van der Waals surface area contributed by atoms with Crippen LogP contribution in [0.15, 0.2) is 24.3 Å². The van der Waals surface area contributed by atoms with Crippen LogP contribution < -0.4 is 5.32 Å². The zero-order valence-corrected chi connectivity index (χ0v) is 13.0. The van der Waals surface area contributed by atoms with Gasteiger partial charge in [-0.15, -0.1) is 0 Å². The molecule has 3 unspecified atom stereocenters. The van der Waals surface area contributed by atoms with E-state index in [-0.39, 0.29) is 24.2 Å². The lowest BCUT2D eigenvalue weighted by Gasteiger charge is -2.30. The van der Waals surface area contributed by atoms with E-state index in [1.807, 2.05) is 11.8 Å². The fraction of sp³-hybridized carbons (Fsp3) is 0.588. The third-order valence-corrected chi connectivity index (χ3v) is 4.20. The average molecular weight is 274 g/mol. The molecule has 0 saturated carbocycles. The van der Waals surface area contributed by atoms with Gasteiger partial charge < -0.3 is 4.90 Å². The normalized spacial score (nSPS) is 24.2. The average Bonchev–Trinajstić information content (AvgIpc) is 2.75. The Bertz CT molecular complexity index is 455. The van der Waals surface area contributed by atoms with E-state index in [9.17, 15) is 4.79 Å². The van der Waals surface area contributed by atoms with E-state index in [1.165, 1.54) is 11.1 Å². The number of nitrogens with zero attached hydrogens (tertiary/aromatic N) is 1. The highest BCUT2D eigenvalue weighted by molar-refractivity contribution is 5.84. The van der Waals surface area contributed by atoms with Crippen molar-refractivity contribution in [1.82, 2.24) is 10.2 Å². The van der Waals surface area contributed by atoms with E-state index in [4.69, 9.17) is 0 Å². The first-order chi connectivity index (χ1) is 9.58. The Morgan fingerprint density at radius 2 is 1.90 bits per heavy atom. The van der Waals surface area contributed by atoms with Gasteiger partial charge in [-0.1, -0.05) is 44.5 Å². The molecule has 1 aliphatic rings. The number of hydrogen-bond acceptors (Lipinski definition) is 2. The predicted octanol–water partition coefficient (Wildman–Crippen LogP) is 3.26. The van der Waals surface area contributed by atoms with Crippen LogP contribution in [0.1, 0.15) is 57.8 Å². The molecule has 110 valence electrons. The molecule has 0 radical (unpaired) electrons. The number of carbonyl (C=O) groups is 1. The Balaban J connectivity index is 2.24. The van der Waals surface area contributed by atoms with Crippen molar-refractivity contribution in [3.8, 4) is 0 Å². The molecule has 3 heteroatoms. The van der Waals surface area contributed by atoms with Gasteiger partial charge in [0.15, 0.2) is 0 Å². The highest BCUT2D eigenvalue weighted by atomic mass is 16.2. The summed E-state index contributed by atoms with van der Waals surface area (Å²) in [4.78, 5) is 14.4. The van der Waals surface area contributed by atoms with Gasteiger partial charge in [0.2, 0.25) is 5.91 Å². The van der Waals surface area contributed by atoms with Crippen molar-refractivity contribution in [2.45, 2.75) is 65.2 Å². The summed E-state index contributed by atoms with van der Waals surface area (Å²) in [6, 6.07) is 8.80. The minimum absolute atomic E-state index is 0.0185. The second-order valence-corrected chi connectivity index (χ2v) is 5.77. The SMILES string of the molecule is CCCC(C)N1C(=O)C(C)NC1c1ccc(CC)cc1. The van der Waals surface area contributed by atoms with Crippen molar-refractivity contribution in [3.05, 3.63) is 35.4 Å². The van der Waals surface area contributed by atoms with E-state index in [0.29, 0.717) is 0 Å². The molecule has 1 aromatic rings. The highest BCUT2D eigenvalue weighted by Gasteiger charge is 2.39. The molecule has 1 fully saturated rings. The van der Waals surface area contributed by atoms with Crippen LogP contribution in [0.4, 0.5) is 0 Å². The fourth-order valence-corrected chi connectivity index (χ4v) is 2.96. The molecule has 2 rings (SSSR count). The van der Waals surface area contributed by atoms with Crippen molar-refractivity contribution in [2.75, 3.05) is 0 Å². The van der Waals surface area contributed by atoms with Crippen molar-refractivity contribution in [1.29, 1.82) is 0 Å². The topological polar surface area (TPSA) is 32.3 Å². The monoisotopic (exact) mass is 274 g/mol. The zero-order valence-electron chi connectivity index (χ0n) is 13.0. The molecule has 1 aliphatic heterocycles. The largest absolute Gasteiger partial charge is 0.319 e. The zero-order chi connectivity index (χ0) is 14.7. The molecule has 20 heavy (non-hydrogen) atoms. The standard InChI is InChI=1S/C17H26N2O/c1-5-7-12(3)19-16(18-13(4)17(19)20)15-10-8-14(6-2)9-11-15/h8-13,16,18H,5-7H2,1-4H3. The lowest BCUT2D eigenvalue weighted by molar-refractivity contribution is -0.131. The van der Waals surface area contributed by atoms with Gasteiger partial charge in [0, 0.05) is 6.04 Å². The van der Waals surface area contributed by atoms with Gasteiger partial charge in [-0.05, 0) is 37.8 Å². The van der Waals surface area contributed by atoms with Crippen molar-refractivity contribution >= 4 is 5.91 Å². The predicted molar refractivity (Wildman–Crippen MR) is 82.4 cm³/mol. The summed E-state index contributed by atoms with van der Waals surface area (Å²) in [6.07, 6.45) is 3.21. The summed E-state index contributed by atoms with van der Waals surface area (Å²) in [5, 5.41) is 3.42. The molecule has 0 aliphatic carbocycles. The van der Waals surface area contributed by atoms with Gasteiger partial charge >= 0.3 is 0 Å². The quantitative estimate of drug-likeness (QED) is 0.894. The molecule has 1 saturated heterocycles. The van der Waals surface area contributed by atoms with Gasteiger partial charge in [-0.25, -0.2) is 0 Å². The lowest BCUT2D eigenvalue weighted by atomic mass is 10.1. The second kappa shape index (κ2) is 6.40. The van der Waals surface area contributed by atoms with Crippen LogP contribution in [0.2, 0.25) is 0 Å². The lowest BCUT2D eigenvalue weighted by Crippen LogP contribution is -2.38. The maximum absolute atomic E-state index is 12.4. The molecule has 1 N–H and O–H groups in total. The van der Waals surface area contributed by atoms with E-state index in [2.05, 4.69) is 50.4 Å².